The molecule has 21 heavy (non-hydrogen) atoms. The van der Waals surface area contributed by atoms with Crippen LogP contribution in [-0.4, -0.2) is 33.4 Å². The predicted molar refractivity (Wildman–Crippen MR) is 84.8 cm³/mol. The van der Waals surface area contributed by atoms with Gasteiger partial charge in [0.2, 0.25) is 0 Å². The number of hydrogen-bond donors (Lipinski definition) is 0. The Kier molecular flexibility index (Phi) is 4.81. The highest BCUT2D eigenvalue weighted by Gasteiger charge is 2.16. The van der Waals surface area contributed by atoms with Crippen LogP contribution in [0.5, 0.6) is 0 Å². The van der Waals surface area contributed by atoms with Crippen LogP contribution >= 0.6 is 15.9 Å². The van der Waals surface area contributed by atoms with Crippen molar-refractivity contribution in [1.29, 1.82) is 0 Å². The molecule has 0 radical (unpaired) electrons. The van der Waals surface area contributed by atoms with Crippen molar-refractivity contribution in [3.05, 3.63) is 47.0 Å². The topological polar surface area (TPSA) is 38.1 Å². The summed E-state index contributed by atoms with van der Waals surface area (Å²) in [4.78, 5) is 17.8. The van der Waals surface area contributed by atoms with E-state index in [1.165, 1.54) is 4.90 Å². The second kappa shape index (κ2) is 6.78. The first-order valence-corrected chi connectivity index (χ1v) is 6.91. The number of hydrogen-bond acceptors (Lipinski definition) is 2. The average molecular weight is 342 g/mol. The molecule has 0 fully saturated rings. The van der Waals surface area contributed by atoms with Crippen LogP contribution in [0.4, 0.5) is 0 Å². The van der Waals surface area contributed by atoms with Gasteiger partial charge in [-0.05, 0) is 24.3 Å². The van der Waals surface area contributed by atoms with Crippen molar-refractivity contribution in [2.45, 2.75) is 0 Å². The Balaban J connectivity index is 2.23. The van der Waals surface area contributed by atoms with Crippen molar-refractivity contribution in [3.8, 4) is 30.4 Å². The minimum absolute atomic E-state index is 0.161. The molecule has 0 saturated carbocycles. The predicted octanol–water partition coefficient (Wildman–Crippen LogP) is 2.34. The molecule has 2 rings (SSSR count). The summed E-state index contributed by atoms with van der Waals surface area (Å²) in [6, 6.07) is 7.67. The zero-order chi connectivity index (χ0) is 15.2. The van der Waals surface area contributed by atoms with E-state index in [1.807, 2.05) is 24.3 Å². The highest BCUT2D eigenvalue weighted by Crippen LogP contribution is 2.14. The fraction of sp³-hybridized carbons (Fsp3) is 0.125. The van der Waals surface area contributed by atoms with E-state index in [2.05, 4.69) is 32.8 Å². The van der Waals surface area contributed by atoms with E-state index in [9.17, 15) is 4.79 Å². The maximum atomic E-state index is 12.3. The monoisotopic (exact) mass is 341 g/mol. The molecule has 1 heterocycles. The molecule has 1 aromatic heterocycles. The third-order valence-corrected chi connectivity index (χ3v) is 3.31. The van der Waals surface area contributed by atoms with Gasteiger partial charge in [0.1, 0.15) is 12.0 Å². The first-order chi connectivity index (χ1) is 10.2. The van der Waals surface area contributed by atoms with Crippen molar-refractivity contribution in [2.24, 2.45) is 0 Å². The number of imidazole rings is 1. The van der Waals surface area contributed by atoms with Crippen LogP contribution in [0.25, 0.3) is 5.69 Å². The van der Waals surface area contributed by atoms with Gasteiger partial charge < -0.3 is 9.47 Å². The molecule has 0 atom stereocenters. The summed E-state index contributed by atoms with van der Waals surface area (Å²) in [5.41, 5.74) is 1.22. The lowest BCUT2D eigenvalue weighted by atomic mass is 10.3. The molecule has 0 aliphatic rings. The van der Waals surface area contributed by atoms with E-state index >= 15 is 0 Å². The molecule has 4 nitrogen and oxygen atoms in total. The van der Waals surface area contributed by atoms with Gasteiger partial charge in [-0.15, -0.1) is 12.8 Å². The van der Waals surface area contributed by atoms with Gasteiger partial charge in [0, 0.05) is 16.4 Å². The summed E-state index contributed by atoms with van der Waals surface area (Å²) < 4.78 is 2.75. The molecule has 0 unspecified atom stereocenters. The third-order valence-electron chi connectivity index (χ3n) is 2.78. The van der Waals surface area contributed by atoms with Crippen molar-refractivity contribution in [3.63, 3.8) is 0 Å². The van der Waals surface area contributed by atoms with E-state index in [4.69, 9.17) is 12.8 Å². The van der Waals surface area contributed by atoms with Crippen molar-refractivity contribution >= 4 is 21.8 Å². The number of aromatic nitrogens is 2. The zero-order valence-corrected chi connectivity index (χ0v) is 12.7. The lowest BCUT2D eigenvalue weighted by Crippen LogP contribution is -2.32. The molecule has 0 N–H and O–H groups in total. The van der Waals surface area contributed by atoms with Gasteiger partial charge >= 0.3 is 0 Å². The molecule has 5 heteroatoms. The Morgan fingerprint density at radius 1 is 1.24 bits per heavy atom. The number of rotatable bonds is 4. The summed E-state index contributed by atoms with van der Waals surface area (Å²) in [5.74, 6) is 4.56. The normalized spacial score (nSPS) is 9.67. The van der Waals surface area contributed by atoms with Crippen LogP contribution in [-0.2, 0) is 0 Å². The molecule has 0 aliphatic heterocycles. The number of terminal acetylenes is 2. The van der Waals surface area contributed by atoms with Crippen LogP contribution in [0.2, 0.25) is 0 Å². The Morgan fingerprint density at radius 2 is 1.86 bits per heavy atom. The smallest absolute Gasteiger partial charge is 0.275 e. The van der Waals surface area contributed by atoms with Crippen LogP contribution in [0.1, 0.15) is 10.5 Å². The standard InChI is InChI=1S/C16H12BrN3O/c1-3-9-19(10-4-2)16(21)15-11-20(12-18-15)14-7-5-13(17)6-8-14/h1-2,5-8,11-12H,9-10H2. The third kappa shape index (κ3) is 3.53. The fourth-order valence-corrected chi connectivity index (χ4v) is 2.03. The Morgan fingerprint density at radius 3 is 2.43 bits per heavy atom. The minimum Gasteiger partial charge on any atom is -0.315 e. The van der Waals surface area contributed by atoms with Gasteiger partial charge in [-0.1, -0.05) is 27.8 Å². The van der Waals surface area contributed by atoms with Crippen LogP contribution in [0, 0.1) is 24.7 Å². The molecular weight excluding hydrogens is 330 g/mol. The quantitative estimate of drug-likeness (QED) is 0.800. The minimum atomic E-state index is -0.276. The molecule has 0 spiro atoms. The van der Waals surface area contributed by atoms with Gasteiger partial charge in [-0.2, -0.15) is 0 Å². The molecule has 0 bridgehead atoms. The summed E-state index contributed by atoms with van der Waals surface area (Å²) in [6.45, 7) is 0.322. The molecule has 1 amide bonds. The maximum absolute atomic E-state index is 12.3. The first-order valence-electron chi connectivity index (χ1n) is 6.12. The molecule has 0 aliphatic carbocycles. The average Bonchev–Trinajstić information content (AvgIpc) is 2.97. The Hall–Kier alpha value is -2.50. The second-order valence-corrected chi connectivity index (χ2v) is 5.13. The largest absolute Gasteiger partial charge is 0.315 e. The van der Waals surface area contributed by atoms with Gasteiger partial charge in [0.05, 0.1) is 13.1 Å². The van der Waals surface area contributed by atoms with Crippen molar-refractivity contribution in [2.75, 3.05) is 13.1 Å². The number of amides is 1. The van der Waals surface area contributed by atoms with E-state index in [-0.39, 0.29) is 19.0 Å². The lowest BCUT2D eigenvalue weighted by molar-refractivity contribution is 0.0791. The Bertz CT molecular complexity index is 703. The number of benzene rings is 1. The van der Waals surface area contributed by atoms with E-state index < -0.39 is 0 Å². The van der Waals surface area contributed by atoms with E-state index in [1.54, 1.807) is 17.1 Å². The van der Waals surface area contributed by atoms with Crippen molar-refractivity contribution < 1.29 is 4.79 Å². The zero-order valence-electron chi connectivity index (χ0n) is 11.2. The highest BCUT2D eigenvalue weighted by molar-refractivity contribution is 9.10. The molecule has 104 valence electrons. The number of halogens is 1. The number of carbonyl (C=O) groups is 1. The number of nitrogens with zero attached hydrogens (tertiary/aromatic N) is 3. The molecule has 0 saturated heterocycles. The van der Waals surface area contributed by atoms with Gasteiger partial charge in [-0.25, -0.2) is 4.98 Å². The highest BCUT2D eigenvalue weighted by atomic mass is 79.9. The van der Waals surface area contributed by atoms with Gasteiger partial charge in [0.15, 0.2) is 0 Å². The summed E-state index contributed by atoms with van der Waals surface area (Å²) in [7, 11) is 0. The molecule has 1 aromatic carbocycles. The van der Waals surface area contributed by atoms with Crippen LogP contribution < -0.4 is 0 Å². The molecular formula is C16H12BrN3O. The van der Waals surface area contributed by atoms with Crippen molar-refractivity contribution in [1.82, 2.24) is 14.5 Å². The fourth-order valence-electron chi connectivity index (χ4n) is 1.77. The first kappa shape index (κ1) is 14.9. The SMILES string of the molecule is C#CCN(CC#C)C(=O)c1cn(-c2ccc(Br)cc2)cn1. The van der Waals surface area contributed by atoms with Crippen LogP contribution in [0.15, 0.2) is 41.3 Å². The summed E-state index contributed by atoms with van der Waals surface area (Å²) in [5, 5.41) is 0. The Labute approximate surface area is 131 Å². The van der Waals surface area contributed by atoms with E-state index in [0.29, 0.717) is 5.69 Å². The van der Waals surface area contributed by atoms with E-state index in [0.717, 1.165) is 10.2 Å². The lowest BCUT2D eigenvalue weighted by Gasteiger charge is -2.15. The second-order valence-electron chi connectivity index (χ2n) is 4.21. The van der Waals surface area contributed by atoms with Crippen LogP contribution in [0.3, 0.4) is 0 Å². The number of carbonyl (C=O) groups excluding carboxylic acids is 1. The van der Waals surface area contributed by atoms with Gasteiger partial charge in [0.25, 0.3) is 5.91 Å². The summed E-state index contributed by atoms with van der Waals surface area (Å²) in [6.07, 6.45) is 13.7. The maximum Gasteiger partial charge on any atom is 0.275 e. The van der Waals surface area contributed by atoms with Gasteiger partial charge in [-0.3, -0.25) is 4.79 Å². The summed E-state index contributed by atoms with van der Waals surface area (Å²) >= 11 is 3.38. The molecule has 2 aromatic rings.